The van der Waals surface area contributed by atoms with E-state index in [0.29, 0.717) is 27.0 Å². The maximum absolute atomic E-state index is 12.9. The Kier molecular flexibility index (Phi) is 6.24. The van der Waals surface area contributed by atoms with Gasteiger partial charge in [-0.05, 0) is 56.3 Å². The topological polar surface area (TPSA) is 90.3 Å². The number of rotatable bonds is 5. The number of esters is 1. The molecule has 0 aliphatic rings. The predicted octanol–water partition coefficient (Wildman–Crippen LogP) is 5.10. The van der Waals surface area contributed by atoms with E-state index in [1.165, 1.54) is 4.68 Å². The minimum atomic E-state index is -0.687. The van der Waals surface area contributed by atoms with Crippen LogP contribution in [0, 0.1) is 0 Å². The van der Waals surface area contributed by atoms with Crippen LogP contribution >= 0.6 is 11.6 Å². The van der Waals surface area contributed by atoms with E-state index in [1.807, 2.05) is 13.8 Å². The number of nitrogens with one attached hydrogen (secondary N) is 1. The van der Waals surface area contributed by atoms with Gasteiger partial charge in [-0.25, -0.2) is 9.48 Å². The van der Waals surface area contributed by atoms with E-state index in [4.69, 9.17) is 16.3 Å². The van der Waals surface area contributed by atoms with Gasteiger partial charge in [0.1, 0.15) is 5.75 Å². The zero-order valence-electron chi connectivity index (χ0n) is 17.9. The summed E-state index contributed by atoms with van der Waals surface area (Å²) >= 11 is 6.06. The van der Waals surface area contributed by atoms with Crippen molar-refractivity contribution in [3.63, 3.8) is 0 Å². The second-order valence-electron chi connectivity index (χ2n) is 7.59. The first-order chi connectivity index (χ1) is 15.8. The first-order valence-electron chi connectivity index (χ1n) is 10.2. The molecule has 0 fully saturated rings. The quantitative estimate of drug-likeness (QED) is 0.330. The van der Waals surface area contributed by atoms with Crippen LogP contribution in [0.1, 0.15) is 40.7 Å². The molecule has 7 nitrogen and oxygen atoms in total. The third-order valence-electron chi connectivity index (χ3n) is 4.95. The average molecular weight is 462 g/mol. The number of hydrogen-bond acceptors (Lipinski definition) is 5. The van der Waals surface area contributed by atoms with Gasteiger partial charge >= 0.3 is 5.97 Å². The summed E-state index contributed by atoms with van der Waals surface area (Å²) < 4.78 is 6.77. The van der Waals surface area contributed by atoms with E-state index in [-0.39, 0.29) is 29.0 Å². The van der Waals surface area contributed by atoms with Crippen LogP contribution in [0.3, 0.4) is 0 Å². The zero-order valence-corrected chi connectivity index (χ0v) is 18.7. The highest BCUT2D eigenvalue weighted by molar-refractivity contribution is 6.34. The average Bonchev–Trinajstić information content (AvgIpc) is 2.80. The fraction of sp³-hybridized carbons (Fsp3) is 0.120. The fourth-order valence-corrected chi connectivity index (χ4v) is 3.53. The molecule has 0 saturated heterocycles. The number of aromatic nitrogens is 2. The van der Waals surface area contributed by atoms with Crippen molar-refractivity contribution < 1.29 is 14.3 Å². The van der Waals surface area contributed by atoms with Crippen molar-refractivity contribution in [3.8, 4) is 5.75 Å². The lowest BCUT2D eigenvalue weighted by molar-refractivity contribution is 0.0727. The van der Waals surface area contributed by atoms with Gasteiger partial charge in [0.05, 0.1) is 22.0 Å². The number of ether oxygens (including phenoxy) is 1. The van der Waals surface area contributed by atoms with Gasteiger partial charge in [0.2, 0.25) is 0 Å². The predicted molar refractivity (Wildman–Crippen MR) is 127 cm³/mol. The molecule has 1 heterocycles. The zero-order chi connectivity index (χ0) is 23.5. The van der Waals surface area contributed by atoms with Gasteiger partial charge in [0.15, 0.2) is 5.69 Å². The summed E-state index contributed by atoms with van der Waals surface area (Å²) in [5.41, 5.74) is 0.648. The Morgan fingerprint density at radius 3 is 2.24 bits per heavy atom. The van der Waals surface area contributed by atoms with Crippen molar-refractivity contribution in [2.24, 2.45) is 0 Å². The van der Waals surface area contributed by atoms with E-state index in [9.17, 15) is 14.4 Å². The number of amides is 1. The molecular formula is C25H20ClN3O4. The summed E-state index contributed by atoms with van der Waals surface area (Å²) in [5.74, 6) is -0.769. The summed E-state index contributed by atoms with van der Waals surface area (Å²) in [4.78, 5) is 38.0. The lowest BCUT2D eigenvalue weighted by atomic mass is 10.1. The largest absolute Gasteiger partial charge is 0.422 e. The number of fused-ring (bicyclic) bond motifs is 1. The third-order valence-corrected chi connectivity index (χ3v) is 5.28. The van der Waals surface area contributed by atoms with Crippen LogP contribution in [0.2, 0.25) is 5.02 Å². The molecule has 0 aliphatic heterocycles. The highest BCUT2D eigenvalue weighted by atomic mass is 35.5. The highest BCUT2D eigenvalue weighted by Crippen LogP contribution is 2.21. The molecule has 1 amide bonds. The summed E-state index contributed by atoms with van der Waals surface area (Å²) in [5, 5.41) is 8.17. The molecular weight excluding hydrogens is 442 g/mol. The summed E-state index contributed by atoms with van der Waals surface area (Å²) in [6.45, 7) is 3.63. The normalized spacial score (nSPS) is 10.9. The second kappa shape index (κ2) is 9.26. The van der Waals surface area contributed by atoms with Crippen molar-refractivity contribution in [2.45, 2.75) is 19.9 Å². The van der Waals surface area contributed by atoms with Gasteiger partial charge in [-0.15, -0.1) is 0 Å². The van der Waals surface area contributed by atoms with E-state index >= 15 is 0 Å². The number of carbonyl (C=O) groups excluding carboxylic acids is 2. The number of nitrogens with zero attached hydrogens (tertiary/aromatic N) is 2. The van der Waals surface area contributed by atoms with Gasteiger partial charge in [-0.2, -0.15) is 5.10 Å². The lowest BCUT2D eigenvalue weighted by Crippen LogP contribution is -2.28. The van der Waals surface area contributed by atoms with Gasteiger partial charge < -0.3 is 10.1 Å². The molecule has 8 heteroatoms. The van der Waals surface area contributed by atoms with E-state index < -0.39 is 5.97 Å². The van der Waals surface area contributed by atoms with E-state index in [0.717, 1.165) is 0 Å². The second-order valence-corrected chi connectivity index (χ2v) is 7.99. The molecule has 33 heavy (non-hydrogen) atoms. The fourth-order valence-electron chi connectivity index (χ4n) is 3.31. The molecule has 0 spiro atoms. The Labute approximate surface area is 194 Å². The molecule has 0 radical (unpaired) electrons. The molecule has 0 aliphatic carbocycles. The van der Waals surface area contributed by atoms with Gasteiger partial charge in [0.25, 0.3) is 11.5 Å². The van der Waals surface area contributed by atoms with Crippen molar-refractivity contribution in [2.75, 3.05) is 5.32 Å². The number of halogens is 1. The molecule has 4 rings (SSSR count). The lowest BCUT2D eigenvalue weighted by Gasteiger charge is -2.13. The molecule has 0 saturated carbocycles. The van der Waals surface area contributed by atoms with Crippen LogP contribution in [0.15, 0.2) is 77.6 Å². The number of carbonyl (C=O) groups is 2. The maximum atomic E-state index is 12.9. The van der Waals surface area contributed by atoms with Gasteiger partial charge in [-0.1, -0.05) is 41.9 Å². The van der Waals surface area contributed by atoms with Crippen LogP contribution < -0.4 is 15.6 Å². The Morgan fingerprint density at radius 1 is 0.939 bits per heavy atom. The van der Waals surface area contributed by atoms with Crippen molar-refractivity contribution in [1.82, 2.24) is 9.78 Å². The Morgan fingerprint density at radius 2 is 1.58 bits per heavy atom. The Hall–Kier alpha value is -3.97. The van der Waals surface area contributed by atoms with Crippen LogP contribution in [-0.2, 0) is 0 Å². The first kappa shape index (κ1) is 22.2. The van der Waals surface area contributed by atoms with Crippen LogP contribution in [-0.4, -0.2) is 21.7 Å². The molecule has 1 aromatic heterocycles. The molecule has 0 atom stereocenters. The summed E-state index contributed by atoms with van der Waals surface area (Å²) in [7, 11) is 0. The first-order valence-corrected chi connectivity index (χ1v) is 10.6. The SMILES string of the molecule is CC(C)n1nc(C(=O)Oc2ccc(NC(=O)c3ccccc3Cl)cc2)c2ccccc2c1=O. The van der Waals surface area contributed by atoms with E-state index in [1.54, 1.807) is 72.8 Å². The van der Waals surface area contributed by atoms with Gasteiger partial charge in [-0.3, -0.25) is 9.59 Å². The van der Waals surface area contributed by atoms with Crippen LogP contribution in [0.4, 0.5) is 5.69 Å². The van der Waals surface area contributed by atoms with Crippen molar-refractivity contribution in [3.05, 3.63) is 99.4 Å². The molecule has 0 unspecified atom stereocenters. The highest BCUT2D eigenvalue weighted by Gasteiger charge is 2.20. The summed E-state index contributed by atoms with van der Waals surface area (Å²) in [6.07, 6.45) is 0. The number of hydrogen-bond donors (Lipinski definition) is 1. The minimum absolute atomic E-state index is 0.0509. The summed E-state index contributed by atoms with van der Waals surface area (Å²) in [6, 6.07) is 19.6. The molecule has 4 aromatic rings. The Balaban J connectivity index is 1.56. The Bertz CT molecular complexity index is 1410. The molecule has 166 valence electrons. The molecule has 0 bridgehead atoms. The maximum Gasteiger partial charge on any atom is 0.364 e. The van der Waals surface area contributed by atoms with E-state index in [2.05, 4.69) is 10.4 Å². The standard InChI is InChI=1S/C25H20ClN3O4/c1-15(2)29-24(31)19-8-4-3-7-18(19)22(28-29)25(32)33-17-13-11-16(12-14-17)27-23(30)20-9-5-6-10-21(20)26/h3-15H,1-2H3,(H,27,30). The van der Waals surface area contributed by atoms with Gasteiger partial charge in [0, 0.05) is 11.1 Å². The van der Waals surface area contributed by atoms with Crippen molar-refractivity contribution in [1.29, 1.82) is 0 Å². The number of anilines is 1. The van der Waals surface area contributed by atoms with Crippen LogP contribution in [0.5, 0.6) is 5.75 Å². The van der Waals surface area contributed by atoms with Crippen molar-refractivity contribution >= 4 is 39.9 Å². The smallest absolute Gasteiger partial charge is 0.364 e. The number of benzene rings is 3. The molecule has 1 N–H and O–H groups in total. The van der Waals surface area contributed by atoms with Crippen LogP contribution in [0.25, 0.3) is 10.8 Å². The molecule has 3 aromatic carbocycles. The monoisotopic (exact) mass is 461 g/mol. The minimum Gasteiger partial charge on any atom is -0.422 e. The third kappa shape index (κ3) is 4.63.